The molecule has 1 aromatic carbocycles. The normalized spacial score (nSPS) is 18.4. The van der Waals surface area contributed by atoms with Gasteiger partial charge in [-0.3, -0.25) is 10.1 Å². The van der Waals surface area contributed by atoms with Crippen molar-refractivity contribution in [3.63, 3.8) is 0 Å². The summed E-state index contributed by atoms with van der Waals surface area (Å²) in [6.07, 6.45) is 4.45. The van der Waals surface area contributed by atoms with E-state index in [1.54, 1.807) is 26.2 Å². The molecule has 1 aliphatic rings. The van der Waals surface area contributed by atoms with E-state index in [-0.39, 0.29) is 5.41 Å². The molecular weight excluding hydrogens is 388 g/mol. The van der Waals surface area contributed by atoms with Crippen molar-refractivity contribution in [3.8, 4) is 11.3 Å². The molecule has 0 amide bonds. The van der Waals surface area contributed by atoms with Crippen LogP contribution in [0.5, 0.6) is 0 Å². The predicted molar refractivity (Wildman–Crippen MR) is 121 cm³/mol. The summed E-state index contributed by atoms with van der Waals surface area (Å²) in [4.78, 5) is 6.67. The van der Waals surface area contributed by atoms with Gasteiger partial charge in [0.25, 0.3) is 0 Å². The highest BCUT2D eigenvalue weighted by molar-refractivity contribution is 5.60. The van der Waals surface area contributed by atoms with Gasteiger partial charge in [-0.15, -0.1) is 0 Å². The van der Waals surface area contributed by atoms with Crippen molar-refractivity contribution in [1.29, 1.82) is 0 Å². The highest BCUT2D eigenvalue weighted by Crippen LogP contribution is 2.50. The van der Waals surface area contributed by atoms with Gasteiger partial charge in [-0.05, 0) is 50.6 Å². The molecule has 6 heteroatoms. The lowest BCUT2D eigenvalue weighted by Gasteiger charge is -2.55. The number of hydrogen-bond acceptors (Lipinski definition) is 5. The maximum Gasteiger partial charge on any atom is 0.124 e. The summed E-state index contributed by atoms with van der Waals surface area (Å²) < 4.78 is 0. The van der Waals surface area contributed by atoms with Crippen LogP contribution in [0.2, 0.25) is 0 Å². The van der Waals surface area contributed by atoms with Gasteiger partial charge in [0.05, 0.1) is 11.4 Å². The number of rotatable bonds is 6. The van der Waals surface area contributed by atoms with Crippen LogP contribution < -0.4 is 0 Å². The van der Waals surface area contributed by atoms with E-state index >= 15 is 0 Å². The number of nitrogens with zero attached hydrogens (tertiary/aromatic N) is 3. The van der Waals surface area contributed by atoms with Crippen molar-refractivity contribution in [2.45, 2.75) is 45.3 Å². The van der Waals surface area contributed by atoms with E-state index in [1.165, 1.54) is 5.56 Å². The number of aryl methyl sites for hydroxylation is 1. The molecule has 4 rings (SSSR count). The molecule has 1 aliphatic heterocycles. The molecular formula is C25H32N4O2. The van der Waals surface area contributed by atoms with Gasteiger partial charge in [-0.2, -0.15) is 5.10 Å². The van der Waals surface area contributed by atoms with Crippen molar-refractivity contribution in [2.75, 3.05) is 20.1 Å². The number of nitrogens with one attached hydrogen (secondary N) is 1. The lowest BCUT2D eigenvalue weighted by molar-refractivity contribution is -0.127. The van der Waals surface area contributed by atoms with E-state index < -0.39 is 11.2 Å². The summed E-state index contributed by atoms with van der Waals surface area (Å²) >= 11 is 0. The summed E-state index contributed by atoms with van der Waals surface area (Å²) in [5.74, 6) is 0. The first-order chi connectivity index (χ1) is 14.6. The Hall–Kier alpha value is -2.54. The predicted octanol–water partition coefficient (Wildman–Crippen LogP) is 3.45. The molecule has 0 saturated carbocycles. The van der Waals surface area contributed by atoms with Gasteiger partial charge in [-0.25, -0.2) is 0 Å². The Kier molecular flexibility index (Phi) is 5.28. The lowest BCUT2D eigenvalue weighted by atomic mass is 9.62. The molecule has 0 bridgehead atoms. The van der Waals surface area contributed by atoms with Crippen LogP contribution in [0.4, 0.5) is 0 Å². The van der Waals surface area contributed by atoms with Crippen LogP contribution in [0.1, 0.15) is 50.1 Å². The van der Waals surface area contributed by atoms with Crippen LogP contribution in [-0.2, 0) is 17.6 Å². The fourth-order valence-electron chi connectivity index (χ4n) is 4.78. The fraction of sp³-hybridized carbons (Fsp3) is 0.440. The minimum Gasteiger partial charge on any atom is -0.384 e. The molecule has 6 nitrogen and oxygen atoms in total. The molecule has 0 spiro atoms. The Morgan fingerprint density at radius 1 is 1.06 bits per heavy atom. The molecule has 3 N–H and O–H groups in total. The second-order valence-electron chi connectivity index (χ2n) is 9.68. The first-order valence-electron chi connectivity index (χ1n) is 10.8. The van der Waals surface area contributed by atoms with E-state index in [9.17, 15) is 10.2 Å². The van der Waals surface area contributed by atoms with Crippen LogP contribution >= 0.6 is 0 Å². The number of aromatic amines is 1. The Morgan fingerprint density at radius 2 is 1.74 bits per heavy atom. The van der Waals surface area contributed by atoms with Crippen molar-refractivity contribution in [3.05, 3.63) is 71.2 Å². The number of benzene rings is 1. The molecule has 1 fully saturated rings. The molecule has 0 aliphatic carbocycles. The zero-order valence-corrected chi connectivity index (χ0v) is 19.0. The number of aliphatic hydroxyl groups is 2. The molecule has 164 valence electrons. The molecule has 3 heterocycles. The van der Waals surface area contributed by atoms with Crippen LogP contribution in [0, 0.1) is 5.41 Å². The molecule has 31 heavy (non-hydrogen) atoms. The number of aromatic nitrogens is 3. The molecule has 3 aromatic rings. The van der Waals surface area contributed by atoms with E-state index in [1.807, 2.05) is 24.3 Å². The third kappa shape index (κ3) is 3.69. The zero-order valence-electron chi connectivity index (χ0n) is 19.0. The maximum atomic E-state index is 12.3. The zero-order chi connectivity index (χ0) is 22.4. The Labute approximate surface area is 184 Å². The minimum atomic E-state index is -1.19. The molecule has 1 atom stereocenters. The summed E-state index contributed by atoms with van der Waals surface area (Å²) in [6.45, 7) is 9.26. The number of H-pyrrole nitrogens is 1. The molecule has 0 radical (unpaired) electrons. The maximum absolute atomic E-state index is 12.3. The first-order valence-corrected chi connectivity index (χ1v) is 10.8. The average molecular weight is 421 g/mol. The van der Waals surface area contributed by atoms with Gasteiger partial charge in [-0.1, -0.05) is 38.1 Å². The third-order valence-electron chi connectivity index (χ3n) is 6.58. The third-order valence-corrected chi connectivity index (χ3v) is 6.58. The monoisotopic (exact) mass is 420 g/mol. The number of likely N-dealkylation sites (tertiary alicyclic amines) is 1. The Bertz CT molecular complexity index is 1060. The van der Waals surface area contributed by atoms with Crippen LogP contribution in [0.3, 0.4) is 0 Å². The minimum absolute atomic E-state index is 0.348. The van der Waals surface area contributed by atoms with Crippen molar-refractivity contribution in [1.82, 2.24) is 20.1 Å². The Balaban J connectivity index is 1.81. The van der Waals surface area contributed by atoms with E-state index in [0.717, 1.165) is 36.2 Å². The standard InChI is InChI=1S/C25H32N4O2/c1-6-17-7-9-19(10-8-17)25(31,24(4)15-29(5)16-24)20-11-18(13-26-14-20)21-12-22(28-27-21)23(2,3)30/h7-14,30-31H,6,15-16H2,1-5H3,(H,27,28)/t25-/m0/s1. The van der Waals surface area contributed by atoms with Gasteiger partial charge in [0.2, 0.25) is 0 Å². The van der Waals surface area contributed by atoms with E-state index in [4.69, 9.17) is 0 Å². The summed E-state index contributed by atoms with van der Waals surface area (Å²) in [6, 6.07) is 12.1. The average Bonchev–Trinajstić information content (AvgIpc) is 3.23. The van der Waals surface area contributed by atoms with Gasteiger partial charge in [0.1, 0.15) is 11.2 Å². The summed E-state index contributed by atoms with van der Waals surface area (Å²) in [5.41, 5.74) is 2.42. The van der Waals surface area contributed by atoms with Gasteiger partial charge >= 0.3 is 0 Å². The smallest absolute Gasteiger partial charge is 0.124 e. The fourth-order valence-corrected chi connectivity index (χ4v) is 4.78. The highest BCUT2D eigenvalue weighted by atomic mass is 16.3. The second-order valence-corrected chi connectivity index (χ2v) is 9.68. The molecule has 1 saturated heterocycles. The van der Waals surface area contributed by atoms with Crippen LogP contribution in [-0.4, -0.2) is 50.4 Å². The first kappa shape index (κ1) is 21.7. The van der Waals surface area contributed by atoms with Crippen molar-refractivity contribution in [2.24, 2.45) is 5.41 Å². The molecule has 0 unspecified atom stereocenters. The van der Waals surface area contributed by atoms with Crippen molar-refractivity contribution < 1.29 is 10.2 Å². The van der Waals surface area contributed by atoms with Crippen LogP contribution in [0.25, 0.3) is 11.3 Å². The lowest BCUT2D eigenvalue weighted by Crippen LogP contribution is -2.63. The largest absolute Gasteiger partial charge is 0.384 e. The summed E-state index contributed by atoms with van der Waals surface area (Å²) in [5, 5.41) is 29.8. The van der Waals surface area contributed by atoms with Gasteiger partial charge in [0, 0.05) is 42.0 Å². The topological polar surface area (TPSA) is 85.3 Å². The molecule has 2 aromatic heterocycles. The van der Waals surface area contributed by atoms with Crippen LogP contribution in [0.15, 0.2) is 48.8 Å². The van der Waals surface area contributed by atoms with E-state index in [0.29, 0.717) is 11.4 Å². The van der Waals surface area contributed by atoms with E-state index in [2.05, 4.69) is 53.1 Å². The van der Waals surface area contributed by atoms with Gasteiger partial charge in [0.15, 0.2) is 0 Å². The van der Waals surface area contributed by atoms with Gasteiger partial charge < -0.3 is 15.1 Å². The number of hydrogen-bond donors (Lipinski definition) is 3. The van der Waals surface area contributed by atoms with Crippen molar-refractivity contribution >= 4 is 0 Å². The second kappa shape index (κ2) is 7.55. The SMILES string of the molecule is CCc1ccc([C@](O)(c2cncc(-c3cc(C(C)(C)O)[nH]n3)c2)C2(C)CN(C)C2)cc1. The highest BCUT2D eigenvalue weighted by Gasteiger charge is 2.55. The summed E-state index contributed by atoms with van der Waals surface area (Å²) in [7, 11) is 2.07. The quantitative estimate of drug-likeness (QED) is 0.569. The Morgan fingerprint density at radius 3 is 2.29 bits per heavy atom. The number of pyridine rings is 1.